The molecule has 2 saturated heterocycles. The number of carbonyl (C=O) groups excluding carboxylic acids is 1. The molecule has 2 unspecified atom stereocenters. The van der Waals surface area contributed by atoms with E-state index in [1.54, 1.807) is 6.92 Å². The molecule has 176 valence electrons. The fourth-order valence-corrected chi connectivity index (χ4v) is 7.78. The van der Waals surface area contributed by atoms with Crippen LogP contribution in [0.15, 0.2) is 29.1 Å². The fourth-order valence-electron chi connectivity index (χ4n) is 7.78. The maximum absolute atomic E-state index is 13.5. The summed E-state index contributed by atoms with van der Waals surface area (Å²) in [7, 11) is 0. The Balaban J connectivity index is 1.32. The lowest BCUT2D eigenvalue weighted by molar-refractivity contribution is 0.00784. The SMILES string of the molecule is CCOC(=O)c1nc2ccccc2n([C@H]2C[C@H]3CC[C@@H](C2)N3C2CC3CCCC(C3)C2)c1=O. The van der Waals surface area contributed by atoms with Crippen LogP contribution in [-0.2, 0) is 4.74 Å². The van der Waals surface area contributed by atoms with Crippen LogP contribution in [-0.4, -0.2) is 45.2 Å². The molecule has 0 radical (unpaired) electrons. The normalized spacial score (nSPS) is 33.8. The Morgan fingerprint density at radius 2 is 1.64 bits per heavy atom. The number of nitrogens with zero attached hydrogens (tertiary/aromatic N) is 3. The number of benzene rings is 1. The lowest BCUT2D eigenvalue weighted by atomic mass is 9.69. The number of ether oxygens (including phenoxy) is 1. The second kappa shape index (κ2) is 8.53. The maximum atomic E-state index is 13.5. The third-order valence-electron chi connectivity index (χ3n) is 8.92. The third-order valence-corrected chi connectivity index (χ3v) is 8.92. The minimum absolute atomic E-state index is 0.0783. The molecular weight excluding hydrogens is 414 g/mol. The number of fused-ring (bicyclic) bond motifs is 5. The first kappa shape index (κ1) is 21.3. The smallest absolute Gasteiger partial charge is 0.362 e. The van der Waals surface area contributed by atoms with Crippen molar-refractivity contribution in [3.8, 4) is 0 Å². The highest BCUT2D eigenvalue weighted by molar-refractivity contribution is 5.89. The van der Waals surface area contributed by atoms with E-state index >= 15 is 0 Å². The molecule has 5 atom stereocenters. The number of esters is 1. The van der Waals surface area contributed by atoms with E-state index in [1.165, 1.54) is 51.4 Å². The highest BCUT2D eigenvalue weighted by Crippen LogP contribution is 2.48. The summed E-state index contributed by atoms with van der Waals surface area (Å²) in [6.07, 6.45) is 12.9. The van der Waals surface area contributed by atoms with Gasteiger partial charge in [-0.2, -0.15) is 0 Å². The summed E-state index contributed by atoms with van der Waals surface area (Å²) in [6.45, 7) is 1.99. The Labute approximate surface area is 195 Å². The van der Waals surface area contributed by atoms with E-state index in [1.807, 2.05) is 28.8 Å². The summed E-state index contributed by atoms with van der Waals surface area (Å²) in [4.78, 5) is 33.3. The van der Waals surface area contributed by atoms with Crippen LogP contribution < -0.4 is 5.56 Å². The van der Waals surface area contributed by atoms with Gasteiger partial charge in [0.05, 0.1) is 17.6 Å². The van der Waals surface area contributed by atoms with E-state index in [-0.39, 0.29) is 23.9 Å². The molecular formula is C27H35N3O3. The van der Waals surface area contributed by atoms with Crippen LogP contribution in [0.2, 0.25) is 0 Å². The second-order valence-corrected chi connectivity index (χ2v) is 10.8. The number of aromatic nitrogens is 2. The molecule has 0 spiro atoms. The number of para-hydroxylation sites is 2. The van der Waals surface area contributed by atoms with Gasteiger partial charge in [0.25, 0.3) is 5.56 Å². The molecule has 4 aliphatic rings. The minimum Gasteiger partial charge on any atom is -0.461 e. The summed E-state index contributed by atoms with van der Waals surface area (Å²) in [6, 6.07) is 9.64. The van der Waals surface area contributed by atoms with Crippen molar-refractivity contribution in [3.63, 3.8) is 0 Å². The Hall–Kier alpha value is -2.21. The molecule has 6 heteroatoms. The number of hydrogen-bond donors (Lipinski definition) is 0. The largest absolute Gasteiger partial charge is 0.461 e. The van der Waals surface area contributed by atoms with Crippen LogP contribution in [0.1, 0.15) is 87.7 Å². The van der Waals surface area contributed by atoms with Crippen molar-refractivity contribution >= 4 is 17.0 Å². The molecule has 0 amide bonds. The van der Waals surface area contributed by atoms with Gasteiger partial charge in [0.1, 0.15) is 0 Å². The standard InChI is InChI=1S/C27H35N3O3/c1-2-33-27(32)25-26(31)30(24-9-4-3-8-23(24)28-25)22-15-19-10-11-20(16-22)29(19)21-13-17-6-5-7-18(12-17)14-21/h3-4,8-9,17-22H,2,5-7,10-16H2,1H3/t17?,18?,19-,20+,21?,22+. The van der Waals surface area contributed by atoms with E-state index in [2.05, 4.69) is 9.88 Å². The number of rotatable bonds is 4. The molecule has 33 heavy (non-hydrogen) atoms. The third kappa shape index (κ3) is 3.71. The number of piperidine rings is 1. The second-order valence-electron chi connectivity index (χ2n) is 10.8. The van der Waals surface area contributed by atoms with Gasteiger partial charge in [0.15, 0.2) is 0 Å². The monoisotopic (exact) mass is 449 g/mol. The average Bonchev–Trinajstić information content (AvgIpc) is 3.08. The first-order chi connectivity index (χ1) is 16.1. The molecule has 3 heterocycles. The van der Waals surface area contributed by atoms with Gasteiger partial charge in [-0.15, -0.1) is 0 Å². The molecule has 6 rings (SSSR count). The van der Waals surface area contributed by atoms with Crippen LogP contribution in [0, 0.1) is 11.8 Å². The van der Waals surface area contributed by atoms with E-state index in [0.29, 0.717) is 17.6 Å². The highest BCUT2D eigenvalue weighted by atomic mass is 16.5. The fraction of sp³-hybridized carbons (Fsp3) is 0.667. The zero-order chi connectivity index (χ0) is 22.5. The van der Waals surface area contributed by atoms with E-state index < -0.39 is 5.97 Å². The summed E-state index contributed by atoms with van der Waals surface area (Å²) in [5.74, 6) is 1.24. The van der Waals surface area contributed by atoms with Crippen molar-refractivity contribution in [1.29, 1.82) is 0 Å². The van der Waals surface area contributed by atoms with Gasteiger partial charge in [-0.05, 0) is 75.8 Å². The van der Waals surface area contributed by atoms with Crippen molar-refractivity contribution in [2.75, 3.05) is 6.61 Å². The van der Waals surface area contributed by atoms with Crippen molar-refractivity contribution in [2.45, 2.75) is 95.3 Å². The molecule has 2 aromatic rings. The maximum Gasteiger partial charge on any atom is 0.362 e. The molecule has 1 aromatic carbocycles. The predicted molar refractivity (Wildman–Crippen MR) is 127 cm³/mol. The minimum atomic E-state index is -0.615. The van der Waals surface area contributed by atoms with Gasteiger partial charge in [-0.1, -0.05) is 31.4 Å². The molecule has 2 aliphatic heterocycles. The number of hydrogen-bond acceptors (Lipinski definition) is 5. The topological polar surface area (TPSA) is 64.4 Å². The zero-order valence-electron chi connectivity index (χ0n) is 19.6. The van der Waals surface area contributed by atoms with E-state index in [4.69, 9.17) is 4.74 Å². The van der Waals surface area contributed by atoms with Gasteiger partial charge < -0.3 is 9.30 Å². The van der Waals surface area contributed by atoms with Gasteiger partial charge in [-0.3, -0.25) is 9.69 Å². The van der Waals surface area contributed by atoms with Gasteiger partial charge in [-0.25, -0.2) is 9.78 Å². The van der Waals surface area contributed by atoms with Crippen LogP contribution >= 0.6 is 0 Å². The van der Waals surface area contributed by atoms with Crippen molar-refractivity contribution < 1.29 is 9.53 Å². The zero-order valence-corrected chi connectivity index (χ0v) is 19.6. The Morgan fingerprint density at radius 3 is 2.33 bits per heavy atom. The molecule has 4 bridgehead atoms. The van der Waals surface area contributed by atoms with Gasteiger partial charge >= 0.3 is 5.97 Å². The van der Waals surface area contributed by atoms with Crippen molar-refractivity contribution in [1.82, 2.24) is 14.5 Å². The molecule has 2 saturated carbocycles. The first-order valence-corrected chi connectivity index (χ1v) is 13.1. The lowest BCUT2D eigenvalue weighted by Gasteiger charge is -2.49. The van der Waals surface area contributed by atoms with Crippen LogP contribution in [0.25, 0.3) is 11.0 Å². The van der Waals surface area contributed by atoms with Crippen molar-refractivity contribution in [2.24, 2.45) is 11.8 Å². The van der Waals surface area contributed by atoms with Gasteiger partial charge in [0.2, 0.25) is 5.69 Å². The van der Waals surface area contributed by atoms with E-state index in [0.717, 1.165) is 36.2 Å². The highest BCUT2D eigenvalue weighted by Gasteiger charge is 2.47. The summed E-state index contributed by atoms with van der Waals surface area (Å²) < 4.78 is 7.05. The average molecular weight is 450 g/mol. The predicted octanol–water partition coefficient (Wildman–Crippen LogP) is 4.71. The first-order valence-electron chi connectivity index (χ1n) is 13.1. The summed E-state index contributed by atoms with van der Waals surface area (Å²) in [5.41, 5.74) is 1.15. The molecule has 1 aromatic heterocycles. The number of carbonyl (C=O) groups is 1. The molecule has 4 fully saturated rings. The Kier molecular flexibility index (Phi) is 5.52. The summed E-state index contributed by atoms with van der Waals surface area (Å²) >= 11 is 0. The Morgan fingerprint density at radius 1 is 0.939 bits per heavy atom. The van der Waals surface area contributed by atoms with Crippen molar-refractivity contribution in [3.05, 3.63) is 40.3 Å². The van der Waals surface area contributed by atoms with Crippen LogP contribution in [0.4, 0.5) is 0 Å². The molecule has 2 aliphatic carbocycles. The quantitative estimate of drug-likeness (QED) is 0.633. The van der Waals surface area contributed by atoms with Crippen LogP contribution in [0.3, 0.4) is 0 Å². The van der Waals surface area contributed by atoms with E-state index in [9.17, 15) is 9.59 Å². The van der Waals surface area contributed by atoms with Crippen LogP contribution in [0.5, 0.6) is 0 Å². The molecule has 6 nitrogen and oxygen atoms in total. The Bertz CT molecular complexity index is 1090. The van der Waals surface area contributed by atoms with Gasteiger partial charge in [0, 0.05) is 24.2 Å². The lowest BCUT2D eigenvalue weighted by Crippen LogP contribution is -2.52. The molecule has 0 N–H and O–H groups in total. The summed E-state index contributed by atoms with van der Waals surface area (Å²) in [5, 5.41) is 0.